The van der Waals surface area contributed by atoms with Crippen molar-refractivity contribution in [3.8, 4) is 16.3 Å². The van der Waals surface area contributed by atoms with E-state index in [1.165, 1.54) is 10.4 Å². The van der Waals surface area contributed by atoms with Gasteiger partial charge in [-0.3, -0.25) is 4.79 Å². The molecule has 136 valence electrons. The lowest BCUT2D eigenvalue weighted by molar-refractivity contribution is -0.136. The van der Waals surface area contributed by atoms with Gasteiger partial charge in [0, 0.05) is 5.69 Å². The van der Waals surface area contributed by atoms with E-state index in [9.17, 15) is 4.79 Å². The summed E-state index contributed by atoms with van der Waals surface area (Å²) in [5.74, 6) is 0.120. The third-order valence-electron chi connectivity index (χ3n) is 4.34. The Bertz CT molecular complexity index is 881. The summed E-state index contributed by atoms with van der Waals surface area (Å²) in [6.07, 6.45) is 0.649. The normalized spacial score (nSPS) is 10.8. The van der Waals surface area contributed by atoms with Gasteiger partial charge in [0.2, 0.25) is 0 Å². The van der Waals surface area contributed by atoms with Gasteiger partial charge in [0.25, 0.3) is 0 Å². The molecule has 3 aromatic rings. The number of ether oxygens (including phenoxy) is 1. The zero-order valence-corrected chi connectivity index (χ0v) is 15.9. The van der Waals surface area contributed by atoms with Crippen molar-refractivity contribution in [2.75, 3.05) is 6.61 Å². The molecule has 0 aliphatic heterocycles. The minimum atomic E-state index is -0.776. The number of aromatic nitrogens is 1. The number of carboxylic acids is 1. The minimum absolute atomic E-state index is 0.131. The number of nitrogens with zero attached hydrogens (tertiary/aromatic N) is 1. The highest BCUT2D eigenvalue weighted by molar-refractivity contribution is 7.13. The maximum absolute atomic E-state index is 11.0. The summed E-state index contributed by atoms with van der Waals surface area (Å²) in [5.41, 5.74) is 4.49. The number of hydrogen-bond acceptors (Lipinski definition) is 3. The molecule has 0 amide bonds. The number of carboxylic acid groups (broad SMARTS) is 1. The molecule has 26 heavy (non-hydrogen) atoms. The molecule has 0 bridgehead atoms. The van der Waals surface area contributed by atoms with Crippen LogP contribution in [0.2, 0.25) is 0 Å². The van der Waals surface area contributed by atoms with Crippen LogP contribution in [0.15, 0.2) is 47.8 Å². The van der Waals surface area contributed by atoms with Crippen LogP contribution in [0.5, 0.6) is 5.75 Å². The number of benzene rings is 1. The molecule has 3 rings (SSSR count). The number of thiophene rings is 1. The summed E-state index contributed by atoms with van der Waals surface area (Å²) in [7, 11) is 0. The van der Waals surface area contributed by atoms with E-state index in [2.05, 4.69) is 35.1 Å². The Hall–Kier alpha value is -2.53. The van der Waals surface area contributed by atoms with Crippen LogP contribution in [-0.4, -0.2) is 22.2 Å². The average Bonchev–Trinajstić information content (AvgIpc) is 3.24. The van der Waals surface area contributed by atoms with Crippen LogP contribution in [0.1, 0.15) is 23.2 Å². The van der Waals surface area contributed by atoms with Gasteiger partial charge in [0.15, 0.2) is 0 Å². The van der Waals surface area contributed by atoms with E-state index in [-0.39, 0.29) is 6.42 Å². The van der Waals surface area contributed by atoms with E-state index >= 15 is 0 Å². The molecule has 2 heterocycles. The van der Waals surface area contributed by atoms with Crippen molar-refractivity contribution in [2.24, 2.45) is 0 Å². The lowest BCUT2D eigenvalue weighted by atomic mass is 10.1. The predicted octanol–water partition coefficient (Wildman–Crippen LogP) is 4.93. The van der Waals surface area contributed by atoms with Gasteiger partial charge >= 0.3 is 5.97 Å². The molecule has 0 aliphatic carbocycles. The molecule has 0 atom stereocenters. The number of aliphatic carboxylic acids is 1. The maximum Gasteiger partial charge on any atom is 0.303 e. The standard InChI is InChI=1S/C21H23NO3S/c1-15-5-9-19(16(2)14-15)25-12-11-22-17(7-10-21(23)24)6-8-18(22)20-4-3-13-26-20/h3-6,8-9,13-14H,7,10-12H2,1-2H3,(H,23,24). The highest BCUT2D eigenvalue weighted by Crippen LogP contribution is 2.28. The lowest BCUT2D eigenvalue weighted by Crippen LogP contribution is -2.13. The zero-order valence-electron chi connectivity index (χ0n) is 15.1. The first kappa shape index (κ1) is 18.3. The fourth-order valence-electron chi connectivity index (χ4n) is 3.07. The van der Waals surface area contributed by atoms with Crippen LogP contribution < -0.4 is 4.74 Å². The molecule has 4 nitrogen and oxygen atoms in total. The van der Waals surface area contributed by atoms with Gasteiger partial charge in [0.1, 0.15) is 12.4 Å². The number of hydrogen-bond donors (Lipinski definition) is 1. The highest BCUT2D eigenvalue weighted by atomic mass is 32.1. The number of carbonyl (C=O) groups is 1. The predicted molar refractivity (Wildman–Crippen MR) is 105 cm³/mol. The number of aryl methyl sites for hydroxylation is 3. The van der Waals surface area contributed by atoms with E-state index in [0.717, 1.165) is 22.7 Å². The molecule has 1 N–H and O–H groups in total. The molecule has 2 aromatic heterocycles. The van der Waals surface area contributed by atoms with Crippen LogP contribution in [0.4, 0.5) is 0 Å². The largest absolute Gasteiger partial charge is 0.491 e. The van der Waals surface area contributed by atoms with Crippen molar-refractivity contribution in [1.82, 2.24) is 4.57 Å². The van der Waals surface area contributed by atoms with E-state index < -0.39 is 5.97 Å². The second-order valence-corrected chi connectivity index (χ2v) is 7.30. The molecular weight excluding hydrogens is 346 g/mol. The van der Waals surface area contributed by atoms with Crippen LogP contribution in [0.25, 0.3) is 10.6 Å². The Balaban J connectivity index is 1.75. The van der Waals surface area contributed by atoms with Crippen molar-refractivity contribution < 1.29 is 14.6 Å². The van der Waals surface area contributed by atoms with Crippen molar-refractivity contribution >= 4 is 17.3 Å². The Morgan fingerprint density at radius 2 is 2.04 bits per heavy atom. The van der Waals surface area contributed by atoms with Crippen molar-refractivity contribution in [3.63, 3.8) is 0 Å². The first-order chi connectivity index (χ1) is 12.5. The Kier molecular flexibility index (Phi) is 5.78. The van der Waals surface area contributed by atoms with E-state index in [1.54, 1.807) is 11.3 Å². The van der Waals surface area contributed by atoms with Gasteiger partial charge in [-0.1, -0.05) is 23.8 Å². The molecule has 1 aromatic carbocycles. The summed E-state index contributed by atoms with van der Waals surface area (Å²) in [4.78, 5) is 12.1. The van der Waals surface area contributed by atoms with Crippen molar-refractivity contribution in [1.29, 1.82) is 0 Å². The average molecular weight is 369 g/mol. The van der Waals surface area contributed by atoms with Gasteiger partial charge in [0.05, 0.1) is 23.5 Å². The second kappa shape index (κ2) is 8.23. The van der Waals surface area contributed by atoms with Gasteiger partial charge < -0.3 is 14.4 Å². The van der Waals surface area contributed by atoms with Gasteiger partial charge in [-0.15, -0.1) is 11.3 Å². The molecule has 0 saturated heterocycles. The van der Waals surface area contributed by atoms with E-state index in [1.807, 2.05) is 31.2 Å². The summed E-state index contributed by atoms with van der Waals surface area (Å²) in [6.45, 7) is 5.34. The summed E-state index contributed by atoms with van der Waals surface area (Å²) in [6, 6.07) is 14.4. The SMILES string of the molecule is Cc1ccc(OCCn2c(CCC(=O)O)ccc2-c2cccs2)c(C)c1. The Morgan fingerprint density at radius 3 is 2.73 bits per heavy atom. The highest BCUT2D eigenvalue weighted by Gasteiger charge is 2.12. The summed E-state index contributed by atoms with van der Waals surface area (Å²) in [5, 5.41) is 11.1. The minimum Gasteiger partial charge on any atom is -0.491 e. The van der Waals surface area contributed by atoms with Gasteiger partial charge in [-0.2, -0.15) is 0 Å². The molecule has 5 heteroatoms. The van der Waals surface area contributed by atoms with Crippen molar-refractivity contribution in [3.05, 3.63) is 64.7 Å². The maximum atomic E-state index is 11.0. The van der Waals surface area contributed by atoms with Crippen LogP contribution in [0, 0.1) is 13.8 Å². The zero-order chi connectivity index (χ0) is 18.5. The summed E-state index contributed by atoms with van der Waals surface area (Å²) < 4.78 is 8.16. The van der Waals surface area contributed by atoms with Crippen LogP contribution in [0.3, 0.4) is 0 Å². The second-order valence-electron chi connectivity index (χ2n) is 6.35. The van der Waals surface area contributed by atoms with E-state index in [0.29, 0.717) is 19.6 Å². The molecule has 0 saturated carbocycles. The molecule has 0 aliphatic rings. The number of rotatable bonds is 8. The molecule has 0 fully saturated rings. The molecule has 0 unspecified atom stereocenters. The third kappa shape index (κ3) is 4.35. The molecular formula is C21H23NO3S. The fraction of sp³-hybridized carbons (Fsp3) is 0.286. The smallest absolute Gasteiger partial charge is 0.303 e. The van der Waals surface area contributed by atoms with Crippen LogP contribution in [-0.2, 0) is 17.8 Å². The first-order valence-electron chi connectivity index (χ1n) is 8.68. The van der Waals surface area contributed by atoms with Crippen LogP contribution >= 0.6 is 11.3 Å². The topological polar surface area (TPSA) is 51.5 Å². The first-order valence-corrected chi connectivity index (χ1v) is 9.56. The molecule has 0 radical (unpaired) electrons. The Morgan fingerprint density at radius 1 is 1.19 bits per heavy atom. The Labute approximate surface area is 157 Å². The third-order valence-corrected chi connectivity index (χ3v) is 5.23. The monoisotopic (exact) mass is 369 g/mol. The van der Waals surface area contributed by atoms with E-state index in [4.69, 9.17) is 9.84 Å². The molecule has 0 spiro atoms. The van der Waals surface area contributed by atoms with Gasteiger partial charge in [-0.25, -0.2) is 0 Å². The quantitative estimate of drug-likeness (QED) is 0.612. The van der Waals surface area contributed by atoms with Crippen molar-refractivity contribution in [2.45, 2.75) is 33.2 Å². The fourth-order valence-corrected chi connectivity index (χ4v) is 3.83. The summed E-state index contributed by atoms with van der Waals surface area (Å²) >= 11 is 1.68. The lowest BCUT2D eigenvalue weighted by Gasteiger charge is -2.15. The van der Waals surface area contributed by atoms with Gasteiger partial charge in [-0.05, 0) is 55.5 Å².